The fourth-order valence-corrected chi connectivity index (χ4v) is 4.94. The summed E-state index contributed by atoms with van der Waals surface area (Å²) in [4.78, 5) is 28.8. The third kappa shape index (κ3) is 4.53. The molecule has 1 fully saturated rings. The Labute approximate surface area is 207 Å². The van der Waals surface area contributed by atoms with Crippen LogP contribution in [0.15, 0.2) is 59.5 Å². The van der Waals surface area contributed by atoms with Gasteiger partial charge in [-0.3, -0.25) is 14.3 Å². The van der Waals surface area contributed by atoms with E-state index in [0.29, 0.717) is 5.56 Å². The standard InChI is InChI=1S/C26H21F4N3O2S/c1-14-4-2-5-15(22(14)27)13-33-20-10-7-16(26(28,29)30)12-19(20)21(18-6-3-11-31-24(18)34)23(33)25(35)32-36-17-8-9-17/h2-7,10-12,17H,8-9,13H2,1H3,(H,31,34)(H,32,35). The maximum atomic E-state index is 15.0. The predicted octanol–water partition coefficient (Wildman–Crippen LogP) is 6.05. The van der Waals surface area contributed by atoms with Gasteiger partial charge in [0.15, 0.2) is 0 Å². The molecule has 2 N–H and O–H groups in total. The number of aromatic amines is 1. The molecule has 0 unspecified atom stereocenters. The number of aryl methyl sites for hydroxylation is 1. The molecular formula is C26H21F4N3O2S. The van der Waals surface area contributed by atoms with E-state index in [1.54, 1.807) is 25.1 Å². The van der Waals surface area contributed by atoms with Crippen LogP contribution in [0.5, 0.6) is 0 Å². The molecular weight excluding hydrogens is 494 g/mol. The number of nitrogens with zero attached hydrogens (tertiary/aromatic N) is 1. The number of halogens is 4. The number of H-pyrrole nitrogens is 1. The first-order valence-corrected chi connectivity index (χ1v) is 12.1. The number of pyridine rings is 1. The number of amides is 1. The molecule has 2 aromatic carbocycles. The van der Waals surface area contributed by atoms with Gasteiger partial charge >= 0.3 is 6.18 Å². The number of carbonyl (C=O) groups is 1. The van der Waals surface area contributed by atoms with Gasteiger partial charge in [0.25, 0.3) is 11.5 Å². The van der Waals surface area contributed by atoms with Crippen LogP contribution < -0.4 is 10.3 Å². The van der Waals surface area contributed by atoms with Crippen molar-refractivity contribution in [1.82, 2.24) is 14.3 Å². The van der Waals surface area contributed by atoms with Gasteiger partial charge in [-0.1, -0.05) is 18.2 Å². The largest absolute Gasteiger partial charge is 0.416 e. The molecule has 0 radical (unpaired) electrons. The lowest BCUT2D eigenvalue weighted by Gasteiger charge is -2.14. The van der Waals surface area contributed by atoms with Crippen molar-refractivity contribution in [3.05, 3.63) is 93.3 Å². The summed E-state index contributed by atoms with van der Waals surface area (Å²) >= 11 is 1.24. The van der Waals surface area contributed by atoms with Crippen LogP contribution in [0.1, 0.15) is 40.0 Å². The number of hydrogen-bond acceptors (Lipinski definition) is 3. The monoisotopic (exact) mass is 515 g/mol. The number of nitrogens with one attached hydrogen (secondary N) is 2. The van der Waals surface area contributed by atoms with E-state index in [9.17, 15) is 27.2 Å². The lowest BCUT2D eigenvalue weighted by molar-refractivity contribution is -0.137. The Morgan fingerprint density at radius 3 is 2.64 bits per heavy atom. The molecule has 1 amide bonds. The Bertz CT molecular complexity index is 1540. The first kappa shape index (κ1) is 24.2. The summed E-state index contributed by atoms with van der Waals surface area (Å²) in [6.07, 6.45) is -1.34. The maximum Gasteiger partial charge on any atom is 0.416 e. The van der Waals surface area contributed by atoms with E-state index in [4.69, 9.17) is 0 Å². The van der Waals surface area contributed by atoms with Gasteiger partial charge in [0.1, 0.15) is 11.5 Å². The fourth-order valence-electron chi connectivity index (χ4n) is 4.19. The average Bonchev–Trinajstić information content (AvgIpc) is 3.62. The molecule has 1 aliphatic rings. The Morgan fingerprint density at radius 2 is 1.94 bits per heavy atom. The number of aromatic nitrogens is 2. The second-order valence-electron chi connectivity index (χ2n) is 8.75. The SMILES string of the molecule is Cc1cccc(Cn2c(C(=O)NSC3CC3)c(-c3ccc[nH]c3=O)c3cc(C(F)(F)F)ccc32)c1F. The van der Waals surface area contributed by atoms with Crippen LogP contribution in [0.25, 0.3) is 22.0 Å². The zero-order chi connectivity index (χ0) is 25.6. The van der Waals surface area contributed by atoms with Gasteiger partial charge in [0, 0.05) is 39.0 Å². The van der Waals surface area contributed by atoms with Crippen molar-refractivity contribution >= 4 is 28.8 Å². The molecule has 1 aliphatic carbocycles. The van der Waals surface area contributed by atoms with E-state index in [1.165, 1.54) is 40.9 Å². The Balaban J connectivity index is 1.81. The van der Waals surface area contributed by atoms with Crippen LogP contribution in [0, 0.1) is 12.7 Å². The summed E-state index contributed by atoms with van der Waals surface area (Å²) in [5.41, 5.74) is -0.408. The molecule has 0 aliphatic heterocycles. The van der Waals surface area contributed by atoms with Crippen LogP contribution in [0.4, 0.5) is 17.6 Å². The van der Waals surface area contributed by atoms with E-state index in [2.05, 4.69) is 9.71 Å². The van der Waals surface area contributed by atoms with Gasteiger partial charge in [0.2, 0.25) is 0 Å². The first-order chi connectivity index (χ1) is 17.1. The van der Waals surface area contributed by atoms with E-state index in [1.807, 2.05) is 0 Å². The second-order valence-corrected chi connectivity index (χ2v) is 9.86. The molecule has 2 aromatic heterocycles. The summed E-state index contributed by atoms with van der Waals surface area (Å²) in [5, 5.41) is 0.345. The van der Waals surface area contributed by atoms with Crippen LogP contribution in [0.3, 0.4) is 0 Å². The molecule has 0 bridgehead atoms. The third-order valence-electron chi connectivity index (χ3n) is 6.14. The molecule has 0 spiro atoms. The van der Waals surface area contributed by atoms with Crippen molar-refractivity contribution < 1.29 is 22.4 Å². The molecule has 1 saturated carbocycles. The van der Waals surface area contributed by atoms with Crippen molar-refractivity contribution in [3.8, 4) is 11.1 Å². The topological polar surface area (TPSA) is 66.9 Å². The molecule has 186 valence electrons. The van der Waals surface area contributed by atoms with E-state index in [-0.39, 0.29) is 45.1 Å². The summed E-state index contributed by atoms with van der Waals surface area (Å²) in [6, 6.07) is 11.0. The van der Waals surface area contributed by atoms with E-state index in [0.717, 1.165) is 25.0 Å². The molecule has 0 saturated heterocycles. The minimum atomic E-state index is -4.64. The van der Waals surface area contributed by atoms with Crippen molar-refractivity contribution in [1.29, 1.82) is 0 Å². The number of carbonyl (C=O) groups excluding carboxylic acids is 1. The van der Waals surface area contributed by atoms with Crippen molar-refractivity contribution in [3.63, 3.8) is 0 Å². The smallest absolute Gasteiger partial charge is 0.331 e. The Hall–Kier alpha value is -3.53. The Morgan fingerprint density at radius 1 is 1.17 bits per heavy atom. The molecule has 2 heterocycles. The zero-order valence-electron chi connectivity index (χ0n) is 19.1. The fraction of sp³-hybridized carbons (Fsp3) is 0.231. The molecule has 5 rings (SSSR count). The van der Waals surface area contributed by atoms with E-state index >= 15 is 0 Å². The quantitative estimate of drug-likeness (QED) is 0.243. The number of benzene rings is 2. The van der Waals surface area contributed by atoms with Gasteiger partial charge in [-0.05, 0) is 67.6 Å². The van der Waals surface area contributed by atoms with Crippen molar-refractivity contribution in [2.45, 2.75) is 37.7 Å². The van der Waals surface area contributed by atoms with Crippen molar-refractivity contribution in [2.24, 2.45) is 0 Å². The average molecular weight is 516 g/mol. The highest BCUT2D eigenvalue weighted by molar-refractivity contribution is 7.98. The van der Waals surface area contributed by atoms with Gasteiger partial charge in [-0.15, -0.1) is 0 Å². The van der Waals surface area contributed by atoms with Crippen LogP contribution >= 0.6 is 11.9 Å². The molecule has 10 heteroatoms. The number of fused-ring (bicyclic) bond motifs is 1. The van der Waals surface area contributed by atoms with Gasteiger partial charge in [-0.2, -0.15) is 13.2 Å². The number of rotatable bonds is 6. The predicted molar refractivity (Wildman–Crippen MR) is 131 cm³/mol. The van der Waals surface area contributed by atoms with Gasteiger partial charge < -0.3 is 9.55 Å². The summed E-state index contributed by atoms with van der Waals surface area (Å²) in [5.74, 6) is -1.04. The highest BCUT2D eigenvalue weighted by Gasteiger charge is 2.33. The van der Waals surface area contributed by atoms with Crippen LogP contribution in [0.2, 0.25) is 0 Å². The lowest BCUT2D eigenvalue weighted by Crippen LogP contribution is -2.23. The van der Waals surface area contributed by atoms with Gasteiger partial charge in [-0.25, -0.2) is 4.39 Å². The third-order valence-corrected chi connectivity index (χ3v) is 7.24. The first-order valence-electron chi connectivity index (χ1n) is 11.3. The highest BCUT2D eigenvalue weighted by atomic mass is 32.2. The van der Waals surface area contributed by atoms with Crippen LogP contribution in [-0.4, -0.2) is 20.7 Å². The molecule has 5 nitrogen and oxygen atoms in total. The summed E-state index contributed by atoms with van der Waals surface area (Å²) < 4.78 is 60.2. The summed E-state index contributed by atoms with van der Waals surface area (Å²) in [7, 11) is 0. The van der Waals surface area contributed by atoms with E-state index < -0.39 is 29.0 Å². The normalized spacial score (nSPS) is 13.8. The molecule has 0 atom stereocenters. The Kier molecular flexibility index (Phi) is 6.15. The second kappa shape index (κ2) is 9.16. The minimum Gasteiger partial charge on any atom is -0.331 e. The molecule has 4 aromatic rings. The number of alkyl halides is 3. The van der Waals surface area contributed by atoms with Crippen molar-refractivity contribution in [2.75, 3.05) is 0 Å². The number of hydrogen-bond donors (Lipinski definition) is 2. The lowest BCUT2D eigenvalue weighted by atomic mass is 10.0. The van der Waals surface area contributed by atoms with Gasteiger partial charge in [0.05, 0.1) is 12.1 Å². The molecule has 36 heavy (non-hydrogen) atoms. The highest BCUT2D eigenvalue weighted by Crippen LogP contribution is 2.39. The summed E-state index contributed by atoms with van der Waals surface area (Å²) in [6.45, 7) is 1.49. The zero-order valence-corrected chi connectivity index (χ0v) is 19.9. The maximum absolute atomic E-state index is 15.0. The van der Waals surface area contributed by atoms with Crippen LogP contribution in [-0.2, 0) is 12.7 Å². The minimum absolute atomic E-state index is 0.00455.